The van der Waals surface area contributed by atoms with Crippen molar-refractivity contribution in [1.29, 1.82) is 0 Å². The zero-order valence-corrected chi connectivity index (χ0v) is 21.3. The molecule has 2 N–H and O–H groups in total. The van der Waals surface area contributed by atoms with E-state index in [1.54, 1.807) is 0 Å². The molecule has 0 fully saturated rings. The Kier molecular flexibility index (Phi) is 13.6. The first-order chi connectivity index (χ1) is 17.5. The normalized spacial score (nSPS) is 13.1. The van der Waals surface area contributed by atoms with Crippen molar-refractivity contribution < 1.29 is 43.7 Å². The molecule has 206 valence electrons. The first-order valence-corrected chi connectivity index (χ1v) is 11.5. The largest absolute Gasteiger partial charge is 0.480 e. The van der Waals surface area contributed by atoms with Crippen LogP contribution in [0.1, 0.15) is 25.8 Å². The van der Waals surface area contributed by atoms with E-state index in [9.17, 15) is 34.4 Å². The van der Waals surface area contributed by atoms with Crippen LogP contribution in [0.4, 0.5) is 4.79 Å². The van der Waals surface area contributed by atoms with Gasteiger partial charge in [0.15, 0.2) is 0 Å². The molecule has 0 bridgehead atoms. The van der Waals surface area contributed by atoms with Crippen molar-refractivity contribution >= 4 is 23.9 Å². The maximum Gasteiger partial charge on any atom is 0.329 e. The molecular formula is C23H34N4O10. The van der Waals surface area contributed by atoms with Crippen LogP contribution in [0.5, 0.6) is 0 Å². The number of hydrogen-bond donors (Lipinski definition) is 2. The van der Waals surface area contributed by atoms with E-state index in [0.717, 1.165) is 10.5 Å². The molecule has 3 atom stereocenters. The van der Waals surface area contributed by atoms with Crippen molar-refractivity contribution in [1.82, 2.24) is 15.1 Å². The molecule has 1 aromatic carbocycles. The molecule has 14 heteroatoms. The van der Waals surface area contributed by atoms with E-state index in [-0.39, 0.29) is 32.8 Å². The SMILES string of the molecule is CC(NC(CCc1ccccc1)C(=O)O)C(=O)N(C(=O)N(C)C)C(C)C(=O)OCCOCCO[N+](=O)[O-]. The number of carboxylic acids is 1. The summed E-state index contributed by atoms with van der Waals surface area (Å²) < 4.78 is 10.1. The fourth-order valence-corrected chi connectivity index (χ4v) is 3.18. The van der Waals surface area contributed by atoms with Crippen LogP contribution in [0.25, 0.3) is 0 Å². The average Bonchev–Trinajstić information content (AvgIpc) is 2.85. The number of esters is 1. The molecule has 3 amide bonds. The van der Waals surface area contributed by atoms with Crippen LogP contribution >= 0.6 is 0 Å². The highest BCUT2D eigenvalue weighted by Gasteiger charge is 2.37. The van der Waals surface area contributed by atoms with Gasteiger partial charge in [-0.25, -0.2) is 14.5 Å². The lowest BCUT2D eigenvalue weighted by atomic mass is 10.0. The van der Waals surface area contributed by atoms with Gasteiger partial charge >= 0.3 is 18.0 Å². The highest BCUT2D eigenvalue weighted by atomic mass is 17.0. The van der Waals surface area contributed by atoms with Crippen LogP contribution in [0, 0.1) is 10.1 Å². The number of aliphatic carboxylic acids is 1. The molecule has 14 nitrogen and oxygen atoms in total. The summed E-state index contributed by atoms with van der Waals surface area (Å²) in [5, 5.41) is 21.5. The number of urea groups is 1. The van der Waals surface area contributed by atoms with E-state index in [2.05, 4.69) is 10.2 Å². The molecule has 3 unspecified atom stereocenters. The number of nitrogens with one attached hydrogen (secondary N) is 1. The lowest BCUT2D eigenvalue weighted by molar-refractivity contribution is -0.758. The molecule has 0 heterocycles. The Hall–Kier alpha value is -3.78. The second kappa shape index (κ2) is 16.1. The predicted molar refractivity (Wildman–Crippen MR) is 129 cm³/mol. The molecule has 0 aliphatic carbocycles. The molecule has 0 saturated carbocycles. The summed E-state index contributed by atoms with van der Waals surface area (Å²) in [6.45, 7) is 2.02. The first-order valence-electron chi connectivity index (χ1n) is 11.5. The van der Waals surface area contributed by atoms with Gasteiger partial charge in [0.25, 0.3) is 5.09 Å². The molecule has 0 aliphatic heterocycles. The molecule has 0 spiro atoms. The van der Waals surface area contributed by atoms with Crippen molar-refractivity contribution in [3.8, 4) is 0 Å². The minimum atomic E-state index is -1.32. The van der Waals surface area contributed by atoms with Crippen LogP contribution in [0.15, 0.2) is 30.3 Å². The number of rotatable bonds is 16. The van der Waals surface area contributed by atoms with Crippen LogP contribution in [0.3, 0.4) is 0 Å². The summed E-state index contributed by atoms with van der Waals surface area (Å²) in [7, 11) is 2.80. The monoisotopic (exact) mass is 526 g/mol. The maximum absolute atomic E-state index is 13.2. The highest BCUT2D eigenvalue weighted by Crippen LogP contribution is 2.11. The molecule has 0 aromatic heterocycles. The minimum absolute atomic E-state index is 0.0885. The predicted octanol–water partition coefficient (Wildman–Crippen LogP) is 0.717. The Morgan fingerprint density at radius 2 is 1.68 bits per heavy atom. The third kappa shape index (κ3) is 11.2. The van der Waals surface area contributed by atoms with E-state index in [4.69, 9.17) is 9.47 Å². The molecular weight excluding hydrogens is 492 g/mol. The van der Waals surface area contributed by atoms with Gasteiger partial charge in [0.1, 0.15) is 25.3 Å². The zero-order valence-electron chi connectivity index (χ0n) is 21.3. The van der Waals surface area contributed by atoms with Crippen molar-refractivity contribution in [3.05, 3.63) is 46.0 Å². The van der Waals surface area contributed by atoms with Crippen LogP contribution < -0.4 is 5.32 Å². The van der Waals surface area contributed by atoms with Crippen LogP contribution in [-0.4, -0.2) is 103 Å². The molecule has 37 heavy (non-hydrogen) atoms. The summed E-state index contributed by atoms with van der Waals surface area (Å²) in [5.41, 5.74) is 0.935. The minimum Gasteiger partial charge on any atom is -0.480 e. The first kappa shape index (κ1) is 31.3. The lowest BCUT2D eigenvalue weighted by Gasteiger charge is -2.31. The van der Waals surface area contributed by atoms with E-state index in [0.29, 0.717) is 11.3 Å². The summed E-state index contributed by atoms with van der Waals surface area (Å²) in [6, 6.07) is 4.97. The lowest BCUT2D eigenvalue weighted by Crippen LogP contribution is -2.58. The topological polar surface area (TPSA) is 178 Å². The Morgan fingerprint density at radius 1 is 1.05 bits per heavy atom. The number of amides is 3. The number of nitrogens with zero attached hydrogens (tertiary/aromatic N) is 3. The van der Waals surface area contributed by atoms with E-state index in [1.165, 1.54) is 27.9 Å². The molecule has 1 aromatic rings. The third-order valence-electron chi connectivity index (χ3n) is 5.14. The van der Waals surface area contributed by atoms with Crippen LogP contribution in [-0.2, 0) is 35.1 Å². The standard InChI is InChI=1S/C23H34N4O10/c1-16(24-19(21(29)30)11-10-18-8-6-5-7-9-18)20(28)26(23(32)25(3)4)17(2)22(31)36-14-12-35-13-15-37-27(33)34/h5-9,16-17,19,24H,10-15H2,1-4H3,(H,29,30). The Morgan fingerprint density at radius 3 is 2.24 bits per heavy atom. The third-order valence-corrected chi connectivity index (χ3v) is 5.14. The van der Waals surface area contributed by atoms with Gasteiger partial charge in [-0.3, -0.25) is 14.9 Å². The fraction of sp³-hybridized carbons (Fsp3) is 0.565. The number of carboxylic acid groups (broad SMARTS) is 1. The van der Waals surface area contributed by atoms with E-state index >= 15 is 0 Å². The number of ether oxygens (including phenoxy) is 2. The quantitative estimate of drug-likeness (QED) is 0.134. The number of hydrogen-bond acceptors (Lipinski definition) is 10. The Labute approximate surface area is 214 Å². The second-order valence-corrected chi connectivity index (χ2v) is 8.20. The summed E-state index contributed by atoms with van der Waals surface area (Å²) in [6.07, 6.45) is 0.651. The highest BCUT2D eigenvalue weighted by molar-refractivity contribution is 6.00. The Bertz CT molecular complexity index is 912. The van der Waals surface area contributed by atoms with Gasteiger partial charge in [0.2, 0.25) is 5.91 Å². The fourth-order valence-electron chi connectivity index (χ4n) is 3.18. The van der Waals surface area contributed by atoms with Gasteiger partial charge in [-0.15, -0.1) is 10.1 Å². The molecule has 0 aliphatic rings. The van der Waals surface area contributed by atoms with Gasteiger partial charge < -0.3 is 24.3 Å². The van der Waals surface area contributed by atoms with Gasteiger partial charge in [-0.05, 0) is 32.3 Å². The van der Waals surface area contributed by atoms with E-state index < -0.39 is 47.1 Å². The number of carbonyl (C=O) groups is 4. The van der Waals surface area contributed by atoms with Crippen LogP contribution in [0.2, 0.25) is 0 Å². The zero-order chi connectivity index (χ0) is 28.0. The summed E-state index contributed by atoms with van der Waals surface area (Å²) in [5.74, 6) is -2.85. The van der Waals surface area contributed by atoms with Gasteiger partial charge in [-0.1, -0.05) is 30.3 Å². The second-order valence-electron chi connectivity index (χ2n) is 8.20. The van der Waals surface area contributed by atoms with Gasteiger partial charge in [0, 0.05) is 14.1 Å². The van der Waals surface area contributed by atoms with Gasteiger partial charge in [-0.2, -0.15) is 0 Å². The maximum atomic E-state index is 13.2. The van der Waals surface area contributed by atoms with Crippen molar-refractivity contribution in [3.63, 3.8) is 0 Å². The smallest absolute Gasteiger partial charge is 0.329 e. The van der Waals surface area contributed by atoms with Crippen molar-refractivity contribution in [2.45, 2.75) is 44.8 Å². The summed E-state index contributed by atoms with van der Waals surface area (Å²) in [4.78, 5) is 66.2. The van der Waals surface area contributed by atoms with Crippen molar-refractivity contribution in [2.75, 3.05) is 40.5 Å². The molecule has 0 radical (unpaired) electrons. The average molecular weight is 527 g/mol. The number of imide groups is 1. The number of benzene rings is 1. The van der Waals surface area contributed by atoms with Gasteiger partial charge in [0.05, 0.1) is 19.3 Å². The van der Waals surface area contributed by atoms with E-state index in [1.807, 2.05) is 30.3 Å². The Balaban J connectivity index is 2.77. The number of aryl methyl sites for hydroxylation is 1. The molecule has 0 saturated heterocycles. The van der Waals surface area contributed by atoms with Crippen molar-refractivity contribution in [2.24, 2.45) is 0 Å². The number of carbonyl (C=O) groups excluding carboxylic acids is 3. The summed E-state index contributed by atoms with van der Waals surface area (Å²) >= 11 is 0. The molecule has 1 rings (SSSR count).